The van der Waals surface area contributed by atoms with E-state index in [9.17, 15) is 4.79 Å². The second-order valence-corrected chi connectivity index (χ2v) is 6.74. The van der Waals surface area contributed by atoms with Gasteiger partial charge < -0.3 is 15.6 Å². The van der Waals surface area contributed by atoms with Crippen LogP contribution in [-0.2, 0) is 6.42 Å². The first-order valence-corrected chi connectivity index (χ1v) is 9.32. The predicted molar refractivity (Wildman–Crippen MR) is 114 cm³/mol. The molecular formula is C23H22N4O. The van der Waals surface area contributed by atoms with Crippen LogP contribution >= 0.6 is 0 Å². The van der Waals surface area contributed by atoms with Crippen LogP contribution in [0.15, 0.2) is 73.1 Å². The zero-order valence-electron chi connectivity index (χ0n) is 15.7. The number of amides is 1. The van der Waals surface area contributed by atoms with Gasteiger partial charge in [-0.05, 0) is 48.7 Å². The van der Waals surface area contributed by atoms with Crippen molar-refractivity contribution < 1.29 is 4.79 Å². The van der Waals surface area contributed by atoms with Crippen molar-refractivity contribution in [2.75, 3.05) is 17.2 Å². The van der Waals surface area contributed by atoms with Gasteiger partial charge in [0.15, 0.2) is 0 Å². The van der Waals surface area contributed by atoms with Crippen LogP contribution in [0.4, 0.5) is 11.5 Å². The van der Waals surface area contributed by atoms with Gasteiger partial charge in [0.2, 0.25) is 0 Å². The van der Waals surface area contributed by atoms with E-state index in [2.05, 4.69) is 32.7 Å². The van der Waals surface area contributed by atoms with Gasteiger partial charge in [0.1, 0.15) is 5.82 Å². The highest BCUT2D eigenvalue weighted by Crippen LogP contribution is 2.19. The minimum atomic E-state index is -0.142. The number of pyridine rings is 1. The molecule has 2 heterocycles. The summed E-state index contributed by atoms with van der Waals surface area (Å²) < 4.78 is 0. The molecule has 140 valence electrons. The SMILES string of the molecule is Cc1ccccc1NC(=O)c1ccnc(NCCc2c[nH]c3ccccc23)c1. The maximum absolute atomic E-state index is 12.6. The van der Waals surface area contributed by atoms with Crippen LogP contribution in [0, 0.1) is 6.92 Å². The predicted octanol–water partition coefficient (Wildman–Crippen LogP) is 4.78. The number of carbonyl (C=O) groups is 1. The molecule has 1 amide bonds. The molecule has 3 N–H and O–H groups in total. The summed E-state index contributed by atoms with van der Waals surface area (Å²) in [5.41, 5.74) is 4.83. The number of para-hydroxylation sites is 2. The van der Waals surface area contributed by atoms with Gasteiger partial charge in [-0.1, -0.05) is 36.4 Å². The number of benzene rings is 2. The number of aromatic nitrogens is 2. The van der Waals surface area contributed by atoms with E-state index in [0.717, 1.165) is 29.7 Å². The van der Waals surface area contributed by atoms with Crippen molar-refractivity contribution in [1.29, 1.82) is 0 Å². The highest BCUT2D eigenvalue weighted by atomic mass is 16.1. The van der Waals surface area contributed by atoms with Crippen LogP contribution in [0.5, 0.6) is 0 Å². The second kappa shape index (κ2) is 7.96. The molecule has 0 saturated carbocycles. The quantitative estimate of drug-likeness (QED) is 0.457. The van der Waals surface area contributed by atoms with Crippen molar-refractivity contribution in [3.8, 4) is 0 Å². The molecule has 0 aliphatic rings. The molecule has 0 unspecified atom stereocenters. The minimum absolute atomic E-state index is 0.142. The Bertz CT molecular complexity index is 1120. The Labute approximate surface area is 163 Å². The fraction of sp³-hybridized carbons (Fsp3) is 0.130. The fourth-order valence-electron chi connectivity index (χ4n) is 3.24. The van der Waals surface area contributed by atoms with Crippen LogP contribution < -0.4 is 10.6 Å². The molecule has 0 aliphatic heterocycles. The number of nitrogens with zero attached hydrogens (tertiary/aromatic N) is 1. The maximum atomic E-state index is 12.6. The van der Waals surface area contributed by atoms with Crippen molar-refractivity contribution in [3.05, 3.63) is 89.7 Å². The number of fused-ring (bicyclic) bond motifs is 1. The van der Waals surface area contributed by atoms with E-state index in [-0.39, 0.29) is 5.91 Å². The lowest BCUT2D eigenvalue weighted by molar-refractivity contribution is 0.102. The highest BCUT2D eigenvalue weighted by molar-refractivity contribution is 6.05. The zero-order valence-corrected chi connectivity index (χ0v) is 15.7. The molecule has 2 aromatic carbocycles. The Balaban J connectivity index is 1.39. The molecule has 0 saturated heterocycles. The van der Waals surface area contributed by atoms with Crippen molar-refractivity contribution in [1.82, 2.24) is 9.97 Å². The Morgan fingerprint density at radius 3 is 2.79 bits per heavy atom. The van der Waals surface area contributed by atoms with Crippen LogP contribution in [0.1, 0.15) is 21.5 Å². The molecule has 0 fully saturated rings. The van der Waals surface area contributed by atoms with Crippen LogP contribution in [0.2, 0.25) is 0 Å². The second-order valence-electron chi connectivity index (χ2n) is 6.74. The number of hydrogen-bond acceptors (Lipinski definition) is 3. The summed E-state index contributed by atoms with van der Waals surface area (Å²) >= 11 is 0. The molecule has 0 spiro atoms. The van der Waals surface area contributed by atoms with Gasteiger partial charge >= 0.3 is 0 Å². The molecule has 28 heavy (non-hydrogen) atoms. The monoisotopic (exact) mass is 370 g/mol. The minimum Gasteiger partial charge on any atom is -0.370 e. The normalized spacial score (nSPS) is 10.8. The topological polar surface area (TPSA) is 69.8 Å². The largest absolute Gasteiger partial charge is 0.370 e. The molecule has 0 atom stereocenters. The number of rotatable bonds is 6. The van der Waals surface area contributed by atoms with Gasteiger partial charge in [-0.25, -0.2) is 4.98 Å². The van der Waals surface area contributed by atoms with Crippen molar-refractivity contribution in [2.24, 2.45) is 0 Å². The van der Waals surface area contributed by atoms with E-state index >= 15 is 0 Å². The Morgan fingerprint density at radius 2 is 1.89 bits per heavy atom. The first kappa shape index (κ1) is 17.8. The summed E-state index contributed by atoms with van der Waals surface area (Å²) in [4.78, 5) is 20.2. The van der Waals surface area contributed by atoms with E-state index in [1.807, 2.05) is 49.5 Å². The molecule has 0 radical (unpaired) electrons. The third-order valence-corrected chi connectivity index (χ3v) is 4.79. The summed E-state index contributed by atoms with van der Waals surface area (Å²) in [7, 11) is 0. The van der Waals surface area contributed by atoms with Crippen molar-refractivity contribution >= 4 is 28.3 Å². The molecule has 2 aromatic heterocycles. The van der Waals surface area contributed by atoms with Gasteiger partial charge in [-0.3, -0.25) is 4.79 Å². The van der Waals surface area contributed by atoms with Gasteiger partial charge in [-0.2, -0.15) is 0 Å². The zero-order chi connectivity index (χ0) is 19.3. The first-order chi connectivity index (χ1) is 13.7. The maximum Gasteiger partial charge on any atom is 0.255 e. The summed E-state index contributed by atoms with van der Waals surface area (Å²) in [6.07, 6.45) is 4.57. The Morgan fingerprint density at radius 1 is 1.07 bits per heavy atom. The molecule has 5 nitrogen and oxygen atoms in total. The van der Waals surface area contributed by atoms with E-state index in [1.165, 1.54) is 10.9 Å². The van der Waals surface area contributed by atoms with Crippen LogP contribution in [0.25, 0.3) is 10.9 Å². The lowest BCUT2D eigenvalue weighted by Crippen LogP contribution is -2.14. The highest BCUT2D eigenvalue weighted by Gasteiger charge is 2.09. The molecule has 4 aromatic rings. The molecule has 4 rings (SSSR count). The van der Waals surface area contributed by atoms with E-state index in [4.69, 9.17) is 0 Å². The van der Waals surface area contributed by atoms with E-state index in [1.54, 1.807) is 18.3 Å². The third-order valence-electron chi connectivity index (χ3n) is 4.79. The Hall–Kier alpha value is -3.60. The molecule has 0 bridgehead atoms. The molecule has 5 heteroatoms. The van der Waals surface area contributed by atoms with Crippen molar-refractivity contribution in [3.63, 3.8) is 0 Å². The fourth-order valence-corrected chi connectivity index (χ4v) is 3.24. The van der Waals surface area contributed by atoms with Crippen molar-refractivity contribution in [2.45, 2.75) is 13.3 Å². The third kappa shape index (κ3) is 3.88. The standard InChI is InChI=1S/C23H22N4O/c1-16-6-2-4-8-20(16)27-23(28)17-10-12-24-22(14-17)25-13-11-18-15-26-21-9-5-3-7-19(18)21/h2-10,12,14-15,26H,11,13H2,1H3,(H,24,25)(H,27,28). The lowest BCUT2D eigenvalue weighted by atomic mass is 10.1. The number of aryl methyl sites for hydroxylation is 1. The summed E-state index contributed by atoms with van der Waals surface area (Å²) in [5, 5.41) is 7.51. The number of nitrogens with one attached hydrogen (secondary N) is 3. The van der Waals surface area contributed by atoms with Gasteiger partial charge in [0, 0.05) is 41.1 Å². The summed E-state index contributed by atoms with van der Waals surface area (Å²) in [6.45, 7) is 2.71. The summed E-state index contributed by atoms with van der Waals surface area (Å²) in [5.74, 6) is 0.550. The smallest absolute Gasteiger partial charge is 0.255 e. The lowest BCUT2D eigenvalue weighted by Gasteiger charge is -2.10. The van der Waals surface area contributed by atoms with Gasteiger partial charge in [-0.15, -0.1) is 0 Å². The average molecular weight is 370 g/mol. The number of H-pyrrole nitrogens is 1. The number of aromatic amines is 1. The average Bonchev–Trinajstić information content (AvgIpc) is 3.13. The van der Waals surface area contributed by atoms with Crippen LogP contribution in [0.3, 0.4) is 0 Å². The van der Waals surface area contributed by atoms with E-state index in [0.29, 0.717) is 11.4 Å². The van der Waals surface area contributed by atoms with Crippen LogP contribution in [-0.4, -0.2) is 22.4 Å². The first-order valence-electron chi connectivity index (χ1n) is 9.32. The van der Waals surface area contributed by atoms with E-state index < -0.39 is 0 Å². The molecular weight excluding hydrogens is 348 g/mol. The Kier molecular flexibility index (Phi) is 5.06. The molecule has 0 aliphatic carbocycles. The number of anilines is 2. The number of carbonyl (C=O) groups excluding carboxylic acids is 1. The van der Waals surface area contributed by atoms with Gasteiger partial charge in [0.05, 0.1) is 0 Å². The number of hydrogen-bond donors (Lipinski definition) is 3. The van der Waals surface area contributed by atoms with Gasteiger partial charge in [0.25, 0.3) is 5.91 Å². The summed E-state index contributed by atoms with van der Waals surface area (Å²) in [6, 6.07) is 19.5.